The number of carbonyl (C=O) groups is 1. The molecule has 6 heteroatoms. The molecule has 0 bridgehead atoms. The maximum Gasteiger partial charge on any atom is 0.243 e. The number of rotatable bonds is 15. The van der Waals surface area contributed by atoms with Crippen LogP contribution in [0.2, 0.25) is 0 Å². The number of amides is 1. The number of unbranched alkanes of at least 4 members (excludes halogenated alkanes) is 11. The van der Waals surface area contributed by atoms with Crippen molar-refractivity contribution in [3.8, 4) is 0 Å². The molecule has 0 saturated heterocycles. The summed E-state index contributed by atoms with van der Waals surface area (Å²) in [5.41, 5.74) is 1.67. The summed E-state index contributed by atoms with van der Waals surface area (Å²) in [6.07, 6.45) is 15.2. The van der Waals surface area contributed by atoms with Crippen molar-refractivity contribution in [2.75, 3.05) is 6.54 Å². The van der Waals surface area contributed by atoms with E-state index < -0.39 is 0 Å². The molecule has 0 rings (SSSR count). The number of hydrogen-bond donors (Lipinski definition) is 4. The summed E-state index contributed by atoms with van der Waals surface area (Å²) in [6.45, 7) is 0.947. The number of carbonyl (C=O) groups excluding carboxylic acids is 1. The Labute approximate surface area is 146 Å². The van der Waals surface area contributed by atoms with Crippen molar-refractivity contribution in [1.82, 2.24) is 10.8 Å². The lowest BCUT2D eigenvalue weighted by Crippen LogP contribution is -2.17. The Kier molecular flexibility index (Phi) is 16.8. The Bertz CT molecular complexity index is 289. The molecule has 0 fully saturated rings. The fourth-order valence-corrected chi connectivity index (χ4v) is 2.64. The SMILES string of the molecule is O=C(CCCCCCCCCCCCCCNC(=S)S)NO. The Morgan fingerprint density at radius 2 is 1.23 bits per heavy atom. The Morgan fingerprint density at radius 3 is 1.64 bits per heavy atom. The first kappa shape index (κ1) is 21.7. The third-order valence-electron chi connectivity index (χ3n) is 3.73. The first-order valence-corrected chi connectivity index (χ1v) is 9.42. The van der Waals surface area contributed by atoms with E-state index in [2.05, 4.69) is 17.9 Å². The lowest BCUT2D eigenvalue weighted by molar-refractivity contribution is -0.129. The van der Waals surface area contributed by atoms with Gasteiger partial charge in [-0.3, -0.25) is 10.0 Å². The summed E-state index contributed by atoms with van der Waals surface area (Å²) in [5.74, 6) is -0.274. The van der Waals surface area contributed by atoms with Gasteiger partial charge in [0, 0.05) is 13.0 Å². The van der Waals surface area contributed by atoms with Crippen molar-refractivity contribution in [3.63, 3.8) is 0 Å². The average Bonchev–Trinajstić information content (AvgIpc) is 2.50. The van der Waals surface area contributed by atoms with Crippen LogP contribution in [0.3, 0.4) is 0 Å². The highest BCUT2D eigenvalue weighted by Gasteiger charge is 1.98. The largest absolute Gasteiger partial charge is 0.371 e. The van der Waals surface area contributed by atoms with Crippen LogP contribution >= 0.6 is 24.8 Å². The summed E-state index contributed by atoms with van der Waals surface area (Å²) in [6, 6.07) is 0. The zero-order valence-electron chi connectivity index (χ0n) is 13.6. The fourth-order valence-electron chi connectivity index (χ4n) is 2.43. The van der Waals surface area contributed by atoms with Crippen molar-refractivity contribution in [2.24, 2.45) is 0 Å². The highest BCUT2D eigenvalue weighted by atomic mass is 32.1. The number of nitrogens with one attached hydrogen (secondary N) is 2. The Balaban J connectivity index is 3.02. The smallest absolute Gasteiger partial charge is 0.243 e. The van der Waals surface area contributed by atoms with Gasteiger partial charge in [-0.1, -0.05) is 76.4 Å². The molecule has 3 N–H and O–H groups in total. The van der Waals surface area contributed by atoms with E-state index in [0.717, 1.165) is 19.4 Å². The highest BCUT2D eigenvalue weighted by molar-refractivity contribution is 8.11. The standard InChI is InChI=1S/C16H32N2O2S2/c19-15(18-20)13-11-9-7-5-3-1-2-4-6-8-10-12-14-17-16(21)22/h20H,1-14H2,(H,18,19)(H2,17,21,22). The molecular formula is C16H32N2O2S2. The molecule has 0 radical (unpaired) electrons. The third-order valence-corrected chi connectivity index (χ3v) is 4.03. The first-order chi connectivity index (χ1) is 10.7. The van der Waals surface area contributed by atoms with Gasteiger partial charge >= 0.3 is 0 Å². The van der Waals surface area contributed by atoms with Crippen LogP contribution in [-0.2, 0) is 4.79 Å². The summed E-state index contributed by atoms with van der Waals surface area (Å²) in [4.78, 5) is 10.8. The summed E-state index contributed by atoms with van der Waals surface area (Å²) in [5, 5.41) is 11.4. The van der Waals surface area contributed by atoms with Gasteiger partial charge in [-0.15, -0.1) is 12.6 Å². The molecule has 0 aromatic rings. The highest BCUT2D eigenvalue weighted by Crippen LogP contribution is 2.12. The molecule has 0 aliphatic carbocycles. The minimum absolute atomic E-state index is 0.274. The van der Waals surface area contributed by atoms with Crippen molar-refractivity contribution in [2.45, 2.75) is 83.5 Å². The normalized spacial score (nSPS) is 10.5. The predicted octanol–water partition coefficient (Wildman–Crippen LogP) is 4.37. The summed E-state index contributed by atoms with van der Waals surface area (Å²) in [7, 11) is 0. The second kappa shape index (κ2) is 17.0. The van der Waals surface area contributed by atoms with E-state index in [0.29, 0.717) is 10.7 Å². The quantitative estimate of drug-likeness (QED) is 0.117. The van der Waals surface area contributed by atoms with Gasteiger partial charge in [0.1, 0.15) is 4.32 Å². The average molecular weight is 349 g/mol. The molecular weight excluding hydrogens is 316 g/mol. The molecule has 0 spiro atoms. The van der Waals surface area contributed by atoms with Gasteiger partial charge in [-0.25, -0.2) is 5.48 Å². The van der Waals surface area contributed by atoms with Crippen LogP contribution in [0.4, 0.5) is 0 Å². The first-order valence-electron chi connectivity index (χ1n) is 8.56. The topological polar surface area (TPSA) is 61.4 Å². The van der Waals surface area contributed by atoms with Gasteiger partial charge in [-0.2, -0.15) is 0 Å². The molecule has 0 aliphatic rings. The molecule has 4 nitrogen and oxygen atoms in total. The molecule has 0 atom stereocenters. The molecule has 130 valence electrons. The van der Waals surface area contributed by atoms with Gasteiger partial charge < -0.3 is 5.32 Å². The van der Waals surface area contributed by atoms with Gasteiger partial charge in [0.05, 0.1) is 0 Å². The Hall–Kier alpha value is -0.330. The molecule has 1 amide bonds. The van der Waals surface area contributed by atoms with Crippen LogP contribution in [0.25, 0.3) is 0 Å². The third kappa shape index (κ3) is 17.7. The fraction of sp³-hybridized carbons (Fsp3) is 0.875. The van der Waals surface area contributed by atoms with E-state index in [1.165, 1.54) is 64.2 Å². The summed E-state index contributed by atoms with van der Waals surface area (Å²) < 4.78 is 0.594. The van der Waals surface area contributed by atoms with Crippen molar-refractivity contribution >= 4 is 35.1 Å². The molecule has 0 aliphatic heterocycles. The van der Waals surface area contributed by atoms with Crippen LogP contribution in [0.1, 0.15) is 83.5 Å². The van der Waals surface area contributed by atoms with E-state index >= 15 is 0 Å². The minimum Gasteiger partial charge on any atom is -0.371 e. The van der Waals surface area contributed by atoms with E-state index in [9.17, 15) is 4.79 Å². The van der Waals surface area contributed by atoms with Gasteiger partial charge in [0.25, 0.3) is 0 Å². The monoisotopic (exact) mass is 348 g/mol. The number of thiocarbonyl (C=S) groups is 1. The van der Waals surface area contributed by atoms with E-state index in [-0.39, 0.29) is 5.91 Å². The van der Waals surface area contributed by atoms with E-state index in [1.807, 2.05) is 0 Å². The van der Waals surface area contributed by atoms with Crippen LogP contribution in [-0.4, -0.2) is 22.0 Å². The van der Waals surface area contributed by atoms with Gasteiger partial charge in [-0.05, 0) is 12.8 Å². The van der Waals surface area contributed by atoms with Crippen LogP contribution in [0, 0.1) is 0 Å². The molecule has 0 heterocycles. The number of hydroxylamine groups is 1. The van der Waals surface area contributed by atoms with Crippen molar-refractivity contribution < 1.29 is 10.0 Å². The number of hydrogen-bond acceptors (Lipinski definition) is 3. The molecule has 0 saturated carbocycles. The van der Waals surface area contributed by atoms with Crippen LogP contribution in [0.5, 0.6) is 0 Å². The second-order valence-electron chi connectivity index (χ2n) is 5.76. The summed E-state index contributed by atoms with van der Waals surface area (Å²) >= 11 is 8.85. The van der Waals surface area contributed by atoms with E-state index in [4.69, 9.17) is 17.4 Å². The molecule has 0 aromatic carbocycles. The second-order valence-corrected chi connectivity index (χ2v) is 6.92. The molecule has 0 unspecified atom stereocenters. The number of thiol groups is 1. The lowest BCUT2D eigenvalue weighted by Gasteiger charge is -2.04. The van der Waals surface area contributed by atoms with Gasteiger partial charge in [0.2, 0.25) is 5.91 Å². The van der Waals surface area contributed by atoms with Gasteiger partial charge in [0.15, 0.2) is 0 Å². The lowest BCUT2D eigenvalue weighted by atomic mass is 10.0. The zero-order chi connectivity index (χ0) is 16.5. The minimum atomic E-state index is -0.274. The Morgan fingerprint density at radius 1 is 0.818 bits per heavy atom. The molecule has 0 aromatic heterocycles. The maximum atomic E-state index is 10.8. The van der Waals surface area contributed by atoms with Crippen LogP contribution < -0.4 is 10.8 Å². The van der Waals surface area contributed by atoms with Crippen molar-refractivity contribution in [1.29, 1.82) is 0 Å². The van der Waals surface area contributed by atoms with Crippen LogP contribution in [0.15, 0.2) is 0 Å². The zero-order valence-corrected chi connectivity index (χ0v) is 15.3. The van der Waals surface area contributed by atoms with E-state index in [1.54, 1.807) is 5.48 Å². The predicted molar refractivity (Wildman–Crippen MR) is 99.5 cm³/mol. The molecule has 22 heavy (non-hydrogen) atoms. The maximum absolute atomic E-state index is 10.8. The van der Waals surface area contributed by atoms with Crippen molar-refractivity contribution in [3.05, 3.63) is 0 Å².